The van der Waals surface area contributed by atoms with Gasteiger partial charge in [0.1, 0.15) is 9.84 Å². The highest BCUT2D eigenvalue weighted by atomic mass is 32.2. The molecule has 0 bridgehead atoms. The zero-order valence-electron chi connectivity index (χ0n) is 15.3. The van der Waals surface area contributed by atoms with Gasteiger partial charge in [-0.2, -0.15) is 0 Å². The monoisotopic (exact) mass is 369 g/mol. The van der Waals surface area contributed by atoms with Gasteiger partial charge in [0.25, 0.3) is 0 Å². The number of hydrogen-bond acceptors (Lipinski definition) is 5. The maximum absolute atomic E-state index is 11.2. The number of hydrogen-bond donors (Lipinski definition) is 1. The summed E-state index contributed by atoms with van der Waals surface area (Å²) in [6.45, 7) is 2.14. The molecule has 1 N–H and O–H groups in total. The van der Waals surface area contributed by atoms with Gasteiger partial charge in [0.2, 0.25) is 0 Å². The third-order valence-corrected chi connectivity index (χ3v) is 5.23. The Hall–Kier alpha value is -1.96. The van der Waals surface area contributed by atoms with E-state index in [4.69, 9.17) is 9.47 Å². The maximum Gasteiger partial charge on any atom is 0.193 e. The summed E-state index contributed by atoms with van der Waals surface area (Å²) in [4.78, 5) is 6.48. The van der Waals surface area contributed by atoms with Crippen LogP contribution in [0.15, 0.2) is 17.1 Å². The molecule has 0 unspecified atom stereocenters. The molecular formula is C17H27N3O4S. The Labute approximate surface area is 149 Å². The van der Waals surface area contributed by atoms with Gasteiger partial charge in [0.15, 0.2) is 17.5 Å². The van der Waals surface area contributed by atoms with Crippen molar-refractivity contribution < 1.29 is 17.9 Å². The molecule has 0 saturated heterocycles. The smallest absolute Gasteiger partial charge is 0.193 e. The van der Waals surface area contributed by atoms with Gasteiger partial charge >= 0.3 is 0 Å². The van der Waals surface area contributed by atoms with E-state index in [0.29, 0.717) is 13.0 Å². The lowest BCUT2D eigenvalue weighted by Crippen LogP contribution is -2.44. The van der Waals surface area contributed by atoms with Crippen LogP contribution in [0.1, 0.15) is 17.5 Å². The zero-order chi connectivity index (χ0) is 18.4. The Balaban J connectivity index is 2.02. The van der Waals surface area contributed by atoms with Gasteiger partial charge in [-0.05, 0) is 36.1 Å². The minimum Gasteiger partial charge on any atom is -0.493 e. The Morgan fingerprint density at radius 3 is 2.44 bits per heavy atom. The van der Waals surface area contributed by atoms with Crippen LogP contribution >= 0.6 is 0 Å². The molecule has 1 aliphatic rings. The largest absolute Gasteiger partial charge is 0.493 e. The lowest BCUT2D eigenvalue weighted by Gasteiger charge is -2.32. The lowest BCUT2D eigenvalue weighted by atomic mass is 9.99. The highest BCUT2D eigenvalue weighted by Gasteiger charge is 2.21. The molecule has 1 aliphatic heterocycles. The second-order valence-electron chi connectivity index (χ2n) is 6.10. The van der Waals surface area contributed by atoms with Crippen molar-refractivity contribution in [2.24, 2.45) is 4.99 Å². The standard InChI is InChI=1S/C17H27N3O4S/c1-18-17(19-7-5-9-25(4,21)22)20-8-6-13-10-15(23-2)16(24-3)11-14(13)12-20/h10-11H,5-9,12H2,1-4H3,(H,18,19). The number of nitrogens with one attached hydrogen (secondary N) is 1. The molecule has 0 spiro atoms. The summed E-state index contributed by atoms with van der Waals surface area (Å²) in [5.41, 5.74) is 2.43. The molecule has 0 aromatic heterocycles. The van der Waals surface area contributed by atoms with E-state index in [1.807, 2.05) is 12.1 Å². The number of methoxy groups -OCH3 is 2. The van der Waals surface area contributed by atoms with Crippen LogP contribution in [0.2, 0.25) is 0 Å². The van der Waals surface area contributed by atoms with Crippen molar-refractivity contribution in [3.05, 3.63) is 23.3 Å². The Bertz CT molecular complexity index is 732. The fraction of sp³-hybridized carbons (Fsp3) is 0.588. The Kier molecular flexibility index (Phi) is 6.52. The summed E-state index contributed by atoms with van der Waals surface area (Å²) < 4.78 is 33.2. The molecular weight excluding hydrogens is 342 g/mol. The second-order valence-corrected chi connectivity index (χ2v) is 8.36. The summed E-state index contributed by atoms with van der Waals surface area (Å²) in [6.07, 6.45) is 2.71. The topological polar surface area (TPSA) is 80.2 Å². The number of sulfone groups is 1. The van der Waals surface area contributed by atoms with Crippen molar-refractivity contribution in [1.82, 2.24) is 10.2 Å². The summed E-state index contributed by atoms with van der Waals surface area (Å²) in [5, 5.41) is 3.25. The van der Waals surface area contributed by atoms with Crippen molar-refractivity contribution in [2.45, 2.75) is 19.4 Å². The summed E-state index contributed by atoms with van der Waals surface area (Å²) >= 11 is 0. The van der Waals surface area contributed by atoms with Gasteiger partial charge in [0, 0.05) is 32.9 Å². The summed E-state index contributed by atoms with van der Waals surface area (Å²) in [5.74, 6) is 2.43. The van der Waals surface area contributed by atoms with Crippen LogP contribution in [0.3, 0.4) is 0 Å². The van der Waals surface area contributed by atoms with Gasteiger partial charge in [-0.25, -0.2) is 8.42 Å². The highest BCUT2D eigenvalue weighted by molar-refractivity contribution is 7.90. The highest BCUT2D eigenvalue weighted by Crippen LogP contribution is 2.33. The van der Waals surface area contributed by atoms with E-state index in [9.17, 15) is 8.42 Å². The van der Waals surface area contributed by atoms with Gasteiger partial charge in [0.05, 0.1) is 20.0 Å². The van der Waals surface area contributed by atoms with Crippen LogP contribution in [-0.4, -0.2) is 65.6 Å². The van der Waals surface area contributed by atoms with Gasteiger partial charge in [-0.3, -0.25) is 4.99 Å². The fourth-order valence-electron chi connectivity index (χ4n) is 2.93. The van der Waals surface area contributed by atoms with E-state index in [0.717, 1.165) is 37.0 Å². The van der Waals surface area contributed by atoms with Crippen molar-refractivity contribution in [3.63, 3.8) is 0 Å². The first kappa shape index (κ1) is 19.4. The summed E-state index contributed by atoms with van der Waals surface area (Å²) in [7, 11) is 2.08. The SMILES string of the molecule is CN=C(NCCCS(C)(=O)=O)N1CCc2cc(OC)c(OC)cc2C1. The van der Waals surface area contributed by atoms with Crippen molar-refractivity contribution >= 4 is 15.8 Å². The normalized spacial score (nSPS) is 14.9. The number of rotatable bonds is 6. The predicted molar refractivity (Wildman–Crippen MR) is 99.3 cm³/mol. The first-order chi connectivity index (χ1) is 11.9. The Morgan fingerprint density at radius 1 is 1.24 bits per heavy atom. The van der Waals surface area contributed by atoms with Crippen LogP contribution in [0, 0.1) is 0 Å². The third kappa shape index (κ3) is 5.26. The summed E-state index contributed by atoms with van der Waals surface area (Å²) in [6, 6.07) is 4.05. The van der Waals surface area contributed by atoms with E-state index in [-0.39, 0.29) is 5.75 Å². The van der Waals surface area contributed by atoms with E-state index >= 15 is 0 Å². The molecule has 25 heavy (non-hydrogen) atoms. The van der Waals surface area contributed by atoms with Crippen molar-refractivity contribution in [2.75, 3.05) is 46.4 Å². The molecule has 8 heteroatoms. The number of aliphatic imine (C=N–C) groups is 1. The molecule has 0 radical (unpaired) electrons. The zero-order valence-corrected chi connectivity index (χ0v) is 16.1. The fourth-order valence-corrected chi connectivity index (χ4v) is 3.60. The van der Waals surface area contributed by atoms with E-state index < -0.39 is 9.84 Å². The molecule has 2 rings (SSSR count). The molecule has 0 saturated carbocycles. The number of ether oxygens (including phenoxy) is 2. The molecule has 1 heterocycles. The predicted octanol–water partition coefficient (Wildman–Crippen LogP) is 1.07. The number of fused-ring (bicyclic) bond motifs is 1. The Morgan fingerprint density at radius 2 is 1.88 bits per heavy atom. The number of guanidine groups is 1. The average Bonchev–Trinajstić information content (AvgIpc) is 2.59. The van der Waals surface area contributed by atoms with Crippen LogP contribution < -0.4 is 14.8 Å². The van der Waals surface area contributed by atoms with Crippen molar-refractivity contribution in [1.29, 1.82) is 0 Å². The van der Waals surface area contributed by atoms with E-state index in [1.54, 1.807) is 21.3 Å². The van der Waals surface area contributed by atoms with Gasteiger partial charge < -0.3 is 19.7 Å². The van der Waals surface area contributed by atoms with Gasteiger partial charge in [-0.15, -0.1) is 0 Å². The van der Waals surface area contributed by atoms with Crippen LogP contribution in [0.25, 0.3) is 0 Å². The molecule has 140 valence electrons. The molecule has 0 aliphatic carbocycles. The average molecular weight is 369 g/mol. The second kappa shape index (κ2) is 8.42. The number of benzene rings is 1. The molecule has 0 atom stereocenters. The number of nitrogens with zero attached hydrogens (tertiary/aromatic N) is 2. The van der Waals surface area contributed by atoms with E-state index in [2.05, 4.69) is 15.2 Å². The van der Waals surface area contributed by atoms with Crippen LogP contribution in [0.4, 0.5) is 0 Å². The maximum atomic E-state index is 11.2. The third-order valence-electron chi connectivity index (χ3n) is 4.20. The minimum atomic E-state index is -2.93. The quantitative estimate of drug-likeness (QED) is 0.459. The molecule has 0 fully saturated rings. The molecule has 1 aromatic rings. The van der Waals surface area contributed by atoms with Crippen LogP contribution in [-0.2, 0) is 22.8 Å². The van der Waals surface area contributed by atoms with Crippen molar-refractivity contribution in [3.8, 4) is 11.5 Å². The molecule has 1 aromatic carbocycles. The molecule has 0 amide bonds. The molecule has 7 nitrogen and oxygen atoms in total. The van der Waals surface area contributed by atoms with Gasteiger partial charge in [-0.1, -0.05) is 0 Å². The first-order valence-corrected chi connectivity index (χ1v) is 10.3. The first-order valence-electron chi connectivity index (χ1n) is 8.25. The minimum absolute atomic E-state index is 0.177. The van der Waals surface area contributed by atoms with E-state index in [1.165, 1.54) is 17.4 Å². The lowest BCUT2D eigenvalue weighted by molar-refractivity contribution is 0.346. The van der Waals surface area contributed by atoms with Crippen LogP contribution in [0.5, 0.6) is 11.5 Å².